The van der Waals surface area contributed by atoms with Gasteiger partial charge in [-0.15, -0.1) is 10.2 Å². The van der Waals surface area contributed by atoms with Crippen LogP contribution in [0.2, 0.25) is 0 Å². The minimum atomic E-state index is -5.11. The van der Waals surface area contributed by atoms with E-state index in [2.05, 4.69) is 41.7 Å². The summed E-state index contributed by atoms with van der Waals surface area (Å²) in [4.78, 5) is 50.4. The summed E-state index contributed by atoms with van der Waals surface area (Å²) in [6, 6.07) is 23.7. The van der Waals surface area contributed by atoms with Crippen LogP contribution >= 0.6 is 0 Å². The summed E-state index contributed by atoms with van der Waals surface area (Å²) in [5, 5.41) is 33.5. The number of rotatable bonds is 13. The molecule has 5 aromatic rings. The van der Waals surface area contributed by atoms with Crippen LogP contribution in [0.15, 0.2) is 155 Å². The van der Waals surface area contributed by atoms with Gasteiger partial charge in [0.2, 0.25) is 11.6 Å². The largest absolute Gasteiger partial charge is 1.00 e. The Labute approximate surface area is 493 Å². The van der Waals surface area contributed by atoms with Gasteiger partial charge in [0.25, 0.3) is 36.3 Å². The Morgan fingerprint density at radius 2 is 1.27 bits per heavy atom. The molecule has 7 N–H and O–H groups in total. The number of hydrogen-bond acceptors (Lipinski definition) is 18. The van der Waals surface area contributed by atoms with Gasteiger partial charge in [0.15, 0.2) is 11.8 Å². The number of para-hydroxylation sites is 1. The van der Waals surface area contributed by atoms with Crippen molar-refractivity contribution in [2.24, 2.45) is 25.5 Å². The Bertz CT molecular complexity index is 3640. The van der Waals surface area contributed by atoms with Gasteiger partial charge >= 0.3 is 96.1 Å². The van der Waals surface area contributed by atoms with E-state index in [1.165, 1.54) is 43.3 Å². The Hall–Kier alpha value is -4.88. The fourth-order valence-electron chi connectivity index (χ4n) is 6.98. The molecule has 0 bridgehead atoms. The number of amides is 1. The summed E-state index contributed by atoms with van der Waals surface area (Å²) in [5.74, 6) is -4.06. The summed E-state index contributed by atoms with van der Waals surface area (Å²) in [5.41, 5.74) is 5.28. The molecule has 0 aromatic heterocycles. The van der Waals surface area contributed by atoms with Crippen LogP contribution < -0.4 is 110 Å². The molecule has 1 aliphatic heterocycles. The zero-order valence-corrected chi connectivity index (χ0v) is 47.6. The second-order valence-corrected chi connectivity index (χ2v) is 19.1. The molecule has 361 valence electrons. The molecule has 8 rings (SSSR count). The van der Waals surface area contributed by atoms with Crippen molar-refractivity contribution in [3.8, 4) is 0 Å². The minimum Gasteiger partial charge on any atom is -0.478 e. The van der Waals surface area contributed by atoms with Crippen LogP contribution in [0.3, 0.4) is 0 Å². The van der Waals surface area contributed by atoms with E-state index in [4.69, 9.17) is 0 Å². The molecule has 0 fully saturated rings. The molecule has 23 nitrogen and oxygen atoms in total. The number of carboxylic acids is 1. The summed E-state index contributed by atoms with van der Waals surface area (Å²) in [7, 11) is -14.6. The number of hydrogen-bond donors (Lipinski definition) is 7. The van der Waals surface area contributed by atoms with Crippen LogP contribution in [-0.4, -0.2) is 90.6 Å². The minimum absolute atomic E-state index is 0. The average molecular weight is 1130 g/mol. The number of fused-ring (bicyclic) bond motifs is 2. The number of Topliss-reactive ketones (excluding diaryl/α,β-unsaturated/α-hetero) is 1. The first kappa shape index (κ1) is 60.7. The van der Waals surface area contributed by atoms with E-state index in [1.54, 1.807) is 30.3 Å². The molecule has 1 radical (unpaired) electrons. The van der Waals surface area contributed by atoms with Crippen molar-refractivity contribution < 1.29 is 170 Å². The monoisotopic (exact) mass is 1130 g/mol. The van der Waals surface area contributed by atoms with Crippen molar-refractivity contribution in [2.75, 3.05) is 15.8 Å². The van der Waals surface area contributed by atoms with Gasteiger partial charge in [-0.2, -0.15) is 45.6 Å². The molecular weight excluding hydrogens is 1100 g/mol. The van der Waals surface area contributed by atoms with Crippen molar-refractivity contribution in [2.45, 2.75) is 22.8 Å². The molecule has 73 heavy (non-hydrogen) atoms. The van der Waals surface area contributed by atoms with E-state index in [0.717, 1.165) is 47.5 Å². The topological polar surface area (TPSA) is 353 Å². The molecule has 1 heterocycles. The molecule has 2 aliphatic carbocycles. The van der Waals surface area contributed by atoms with Crippen LogP contribution in [0.4, 0.5) is 28.4 Å². The van der Waals surface area contributed by atoms with Gasteiger partial charge in [-0.05, 0) is 103 Å². The molecule has 5 aromatic carbocycles. The number of hydrazone groups is 1. The number of benzene rings is 5. The predicted octanol–water partition coefficient (Wildman–Crippen LogP) is -3.57. The normalized spacial score (nSPS) is 16.4. The van der Waals surface area contributed by atoms with Crippen LogP contribution in [-0.2, 0) is 57.0 Å². The Morgan fingerprint density at radius 1 is 0.671 bits per heavy atom. The van der Waals surface area contributed by atoms with Crippen molar-refractivity contribution in [3.63, 3.8) is 0 Å². The average Bonchev–Trinajstić information content (AvgIpc) is 3.58. The number of carboxylic acid groups (broad SMARTS) is 1. The number of azo groups is 1. The number of anilines is 4. The Morgan fingerprint density at radius 3 is 1.90 bits per heavy atom. The molecule has 0 saturated carbocycles. The van der Waals surface area contributed by atoms with Gasteiger partial charge in [0.05, 0.1) is 43.8 Å². The number of nitrogens with one attached hydrogen (secondary N) is 3. The summed E-state index contributed by atoms with van der Waals surface area (Å²) in [6.07, 6.45) is 2.01. The molecule has 30 heteroatoms. The van der Waals surface area contributed by atoms with Gasteiger partial charge in [-0.25, -0.2) is 4.79 Å². The Balaban J connectivity index is 0.00000289. The first-order valence-corrected chi connectivity index (χ1v) is 23.9. The quantitative estimate of drug-likeness (QED) is 0.0260. The van der Waals surface area contributed by atoms with Gasteiger partial charge in [0.1, 0.15) is 10.6 Å². The zero-order valence-electron chi connectivity index (χ0n) is 39.2. The fraction of sp³-hybridized carbons (Fsp3) is 0.0465. The standard InChI is InChI=1S/C43H31N9O14S3.Cu.3Na/c1-22-38(48-46-34-16-13-29(68(61,62)63)20-33(34)43(56)57)42(55)52(51-22)27-10-7-25(8-11-27)45-47-35-21-36(53)39(31-15-12-28(19-32(31)35)67(58,59)60)49-50-40-37(69(64,65)66)18-23-17-26(9-14-30(23)41(40)54)44-24-5-3-2-4-6-24;;;;/h2-21,38,44-45,47H,1H3,(H,56,57)(H,58,59,60)(H,61,62,63)(H,64,65,66);;;;/q;;3*+1/p+1/b48-46?,49-39+,50-40?;;;;. The van der Waals surface area contributed by atoms with Crippen LogP contribution in [0.25, 0.3) is 11.8 Å². The molecule has 3 aliphatic rings. The summed E-state index contributed by atoms with van der Waals surface area (Å²) in [6.45, 7) is 1.47. The summed E-state index contributed by atoms with van der Waals surface area (Å²) >= 11 is 0. The predicted molar refractivity (Wildman–Crippen MR) is 250 cm³/mol. The van der Waals surface area contributed by atoms with Crippen molar-refractivity contribution >= 4 is 111 Å². The van der Waals surface area contributed by atoms with Crippen LogP contribution in [0.5, 0.6) is 0 Å². The third kappa shape index (κ3) is 13.5. The first-order valence-electron chi connectivity index (χ1n) is 19.6. The SMILES string of the molecule is CC1=NN(c2ccc(NNC3=CC(=O)/C(=N/N=C4C(=O)c5ccc(Nc6ccccc6)cc5C=C4S(=O)(=O)O)c4ccc(S(=O)(=O)O)cc43)cc2)C(=O)C1N=Nc1ccc(S(=O)(=O)O)cc1C(=O)O.[Cu].[H+].[Na+].[Na+].[Na+]. The van der Waals surface area contributed by atoms with Crippen molar-refractivity contribution in [1.29, 1.82) is 0 Å². The number of hydrazine groups is 1. The van der Waals surface area contributed by atoms with E-state index in [0.29, 0.717) is 23.1 Å². The Kier molecular flexibility index (Phi) is 20.1. The van der Waals surface area contributed by atoms with Gasteiger partial charge in [-0.3, -0.25) is 28.0 Å². The number of ketones is 2. The molecule has 0 spiro atoms. The van der Waals surface area contributed by atoms with Crippen molar-refractivity contribution in [3.05, 3.63) is 148 Å². The van der Waals surface area contributed by atoms with Gasteiger partial charge < -0.3 is 21.3 Å². The maximum atomic E-state index is 13.7. The van der Waals surface area contributed by atoms with E-state index < -0.39 is 91.5 Å². The number of nitrogens with zero attached hydrogens (tertiary/aromatic N) is 6. The number of aromatic carboxylic acids is 1. The van der Waals surface area contributed by atoms with Gasteiger partial charge in [-0.1, -0.05) is 24.3 Å². The molecular formula is C43H32CuN9Na3O14S3+4. The van der Waals surface area contributed by atoms with Crippen LogP contribution in [0.1, 0.15) is 45.8 Å². The molecule has 1 amide bonds. The number of carbonyl (C=O) groups is 4. The fourth-order valence-corrected chi connectivity index (χ4v) is 8.65. The second-order valence-electron chi connectivity index (χ2n) is 14.9. The molecule has 1 atom stereocenters. The third-order valence-electron chi connectivity index (χ3n) is 10.3. The van der Waals surface area contributed by atoms with Crippen LogP contribution in [0, 0.1) is 0 Å². The third-order valence-corrected chi connectivity index (χ3v) is 12.9. The second kappa shape index (κ2) is 24.2. The smallest absolute Gasteiger partial charge is 0.478 e. The first-order chi connectivity index (χ1) is 32.6. The van der Waals surface area contributed by atoms with E-state index >= 15 is 0 Å². The maximum absolute atomic E-state index is 13.7. The van der Waals surface area contributed by atoms with Gasteiger partial charge in [0, 0.05) is 51.2 Å². The molecule has 0 saturated heterocycles. The van der Waals surface area contributed by atoms with E-state index in [1.807, 2.05) is 6.07 Å². The zero-order chi connectivity index (χ0) is 49.6. The van der Waals surface area contributed by atoms with E-state index in [9.17, 15) is 63.2 Å². The number of carbonyl (C=O) groups excluding carboxylic acids is 3. The van der Waals surface area contributed by atoms with Crippen molar-refractivity contribution in [1.82, 2.24) is 5.43 Å². The molecule has 1 unspecified atom stereocenters. The maximum Gasteiger partial charge on any atom is 1.00 e. The summed E-state index contributed by atoms with van der Waals surface area (Å²) < 4.78 is 102. The number of allylic oxidation sites excluding steroid dienone is 2. The van der Waals surface area contributed by atoms with E-state index in [-0.39, 0.29) is 152 Å².